The average molecular weight is 450 g/mol. The van der Waals surface area contributed by atoms with E-state index in [-0.39, 0.29) is 0 Å². The molecule has 0 aliphatic heterocycles. The molecule has 0 aliphatic carbocycles. The Hall–Kier alpha value is -2.22. The predicted octanol–water partition coefficient (Wildman–Crippen LogP) is 5.03. The van der Waals surface area contributed by atoms with Gasteiger partial charge in [-0.25, -0.2) is 5.43 Å². The number of rotatable bonds is 3. The molecule has 0 saturated carbocycles. The SMILES string of the molecule is Cn1c2ccc(Br)cc2c2nnc(NN=Cc3ccc(Cl)cc3Cl)nc21. The van der Waals surface area contributed by atoms with Crippen LogP contribution in [-0.2, 0) is 7.05 Å². The molecule has 0 atom stereocenters. The quantitative estimate of drug-likeness (QED) is 0.351. The third-order valence-corrected chi connectivity index (χ3v) is 4.95. The summed E-state index contributed by atoms with van der Waals surface area (Å²) < 4.78 is 2.95. The lowest BCUT2D eigenvalue weighted by molar-refractivity contribution is 0.949. The molecular weight excluding hydrogens is 439 g/mol. The minimum Gasteiger partial charge on any atom is -0.327 e. The first-order chi connectivity index (χ1) is 12.5. The number of hydrazone groups is 1. The van der Waals surface area contributed by atoms with E-state index in [2.05, 4.69) is 41.6 Å². The van der Waals surface area contributed by atoms with Gasteiger partial charge in [-0.05, 0) is 30.3 Å². The summed E-state index contributed by atoms with van der Waals surface area (Å²) in [6.45, 7) is 0. The second-order valence-corrected chi connectivity index (χ2v) is 7.32. The molecule has 0 bridgehead atoms. The van der Waals surface area contributed by atoms with E-state index in [1.165, 1.54) is 0 Å². The third kappa shape index (κ3) is 3.13. The number of benzene rings is 2. The topological polar surface area (TPSA) is 68.0 Å². The maximum atomic E-state index is 6.11. The first-order valence-electron chi connectivity index (χ1n) is 7.55. The molecule has 0 fully saturated rings. The number of nitrogens with one attached hydrogen (secondary N) is 1. The van der Waals surface area contributed by atoms with Crippen molar-refractivity contribution in [3.63, 3.8) is 0 Å². The third-order valence-electron chi connectivity index (χ3n) is 3.89. The summed E-state index contributed by atoms with van der Waals surface area (Å²) in [5.41, 5.74) is 5.99. The van der Waals surface area contributed by atoms with Crippen LogP contribution in [0.4, 0.5) is 5.95 Å². The van der Waals surface area contributed by atoms with Crippen molar-refractivity contribution in [3.05, 3.63) is 56.5 Å². The van der Waals surface area contributed by atoms with Gasteiger partial charge in [0.25, 0.3) is 5.95 Å². The predicted molar refractivity (Wildman–Crippen MR) is 109 cm³/mol. The molecular formula is C17H11BrCl2N6. The summed E-state index contributed by atoms with van der Waals surface area (Å²) in [6.07, 6.45) is 1.57. The molecule has 4 rings (SSSR count). The Kier molecular flexibility index (Phi) is 4.52. The Morgan fingerprint density at radius 1 is 1.15 bits per heavy atom. The summed E-state index contributed by atoms with van der Waals surface area (Å²) in [5, 5.41) is 14.6. The van der Waals surface area contributed by atoms with Gasteiger partial charge in [0.05, 0.1) is 16.8 Å². The van der Waals surface area contributed by atoms with Crippen molar-refractivity contribution in [2.75, 3.05) is 5.43 Å². The molecule has 0 saturated heterocycles. The van der Waals surface area contributed by atoms with E-state index in [1.54, 1.807) is 24.4 Å². The zero-order valence-corrected chi connectivity index (χ0v) is 16.5. The lowest BCUT2D eigenvalue weighted by atomic mass is 10.2. The van der Waals surface area contributed by atoms with Crippen LogP contribution < -0.4 is 5.43 Å². The maximum absolute atomic E-state index is 6.11. The van der Waals surface area contributed by atoms with Crippen LogP contribution in [0.15, 0.2) is 46.0 Å². The van der Waals surface area contributed by atoms with E-state index in [1.807, 2.05) is 29.8 Å². The standard InChI is InChI=1S/C17H11BrCl2N6/c1-26-14-5-3-10(18)6-12(14)15-16(26)22-17(25-23-15)24-21-8-9-2-4-11(19)7-13(9)20/h2-8H,1H3,(H,22,24,25). The molecule has 2 aromatic carbocycles. The summed E-state index contributed by atoms with van der Waals surface area (Å²) in [4.78, 5) is 4.50. The van der Waals surface area contributed by atoms with E-state index in [4.69, 9.17) is 23.2 Å². The Labute approximate surface area is 167 Å². The maximum Gasteiger partial charge on any atom is 0.265 e. The van der Waals surface area contributed by atoms with Gasteiger partial charge in [-0.2, -0.15) is 10.1 Å². The van der Waals surface area contributed by atoms with Gasteiger partial charge >= 0.3 is 0 Å². The van der Waals surface area contributed by atoms with Crippen LogP contribution in [0.5, 0.6) is 0 Å². The minimum atomic E-state index is 0.295. The summed E-state index contributed by atoms with van der Waals surface area (Å²) in [5.74, 6) is 0.295. The van der Waals surface area contributed by atoms with Gasteiger partial charge in [-0.15, -0.1) is 10.2 Å². The number of aryl methyl sites for hydroxylation is 1. The van der Waals surface area contributed by atoms with E-state index in [0.717, 1.165) is 32.1 Å². The number of aromatic nitrogens is 4. The van der Waals surface area contributed by atoms with Gasteiger partial charge in [0.1, 0.15) is 5.52 Å². The second kappa shape index (κ2) is 6.83. The van der Waals surface area contributed by atoms with Gasteiger partial charge in [-0.1, -0.05) is 45.2 Å². The van der Waals surface area contributed by atoms with Crippen molar-refractivity contribution in [2.24, 2.45) is 12.1 Å². The highest BCUT2D eigenvalue weighted by molar-refractivity contribution is 9.10. The number of nitrogens with zero attached hydrogens (tertiary/aromatic N) is 5. The van der Waals surface area contributed by atoms with Crippen LogP contribution in [0.3, 0.4) is 0 Å². The molecule has 0 amide bonds. The molecule has 0 spiro atoms. The lowest BCUT2D eigenvalue weighted by Crippen LogP contribution is -2.00. The normalized spacial score (nSPS) is 11.7. The molecule has 9 heteroatoms. The largest absolute Gasteiger partial charge is 0.327 e. The number of hydrogen-bond donors (Lipinski definition) is 1. The van der Waals surface area contributed by atoms with E-state index >= 15 is 0 Å². The highest BCUT2D eigenvalue weighted by Gasteiger charge is 2.12. The molecule has 130 valence electrons. The fourth-order valence-corrected chi connectivity index (χ4v) is 3.46. The monoisotopic (exact) mass is 448 g/mol. The van der Waals surface area contributed by atoms with Crippen molar-refractivity contribution in [2.45, 2.75) is 0 Å². The van der Waals surface area contributed by atoms with Crippen LogP contribution in [0, 0.1) is 0 Å². The molecule has 1 N–H and O–H groups in total. The number of anilines is 1. The number of hydrogen-bond acceptors (Lipinski definition) is 5. The summed E-state index contributed by atoms with van der Waals surface area (Å²) >= 11 is 15.5. The van der Waals surface area contributed by atoms with Gasteiger partial charge in [-0.3, -0.25) is 0 Å². The van der Waals surface area contributed by atoms with Crippen molar-refractivity contribution in [3.8, 4) is 0 Å². The molecule has 26 heavy (non-hydrogen) atoms. The first kappa shape index (κ1) is 17.2. The van der Waals surface area contributed by atoms with Crippen LogP contribution in [0.1, 0.15) is 5.56 Å². The average Bonchev–Trinajstić information content (AvgIpc) is 2.89. The molecule has 0 aliphatic rings. The number of halogens is 3. The van der Waals surface area contributed by atoms with Crippen molar-refractivity contribution in [1.29, 1.82) is 0 Å². The molecule has 0 radical (unpaired) electrons. The van der Waals surface area contributed by atoms with E-state index < -0.39 is 0 Å². The molecule has 2 aromatic heterocycles. The Balaban J connectivity index is 1.66. The van der Waals surface area contributed by atoms with Crippen LogP contribution in [0.25, 0.3) is 22.1 Å². The minimum absolute atomic E-state index is 0.295. The summed E-state index contributed by atoms with van der Waals surface area (Å²) in [7, 11) is 1.94. The van der Waals surface area contributed by atoms with Gasteiger partial charge in [0.15, 0.2) is 5.65 Å². The Bertz CT molecular complexity index is 1170. The highest BCUT2D eigenvalue weighted by Crippen LogP contribution is 2.28. The molecule has 0 unspecified atom stereocenters. The first-order valence-corrected chi connectivity index (χ1v) is 9.10. The van der Waals surface area contributed by atoms with Crippen LogP contribution >= 0.6 is 39.1 Å². The second-order valence-electron chi connectivity index (χ2n) is 5.56. The Morgan fingerprint density at radius 2 is 2.00 bits per heavy atom. The van der Waals surface area contributed by atoms with Crippen molar-refractivity contribution < 1.29 is 0 Å². The zero-order chi connectivity index (χ0) is 18.3. The van der Waals surface area contributed by atoms with Gasteiger partial charge in [0.2, 0.25) is 0 Å². The van der Waals surface area contributed by atoms with E-state index in [9.17, 15) is 0 Å². The zero-order valence-electron chi connectivity index (χ0n) is 13.4. The summed E-state index contributed by atoms with van der Waals surface area (Å²) in [6, 6.07) is 11.2. The van der Waals surface area contributed by atoms with E-state index in [0.29, 0.717) is 16.0 Å². The highest BCUT2D eigenvalue weighted by atomic mass is 79.9. The Morgan fingerprint density at radius 3 is 2.81 bits per heavy atom. The van der Waals surface area contributed by atoms with Crippen molar-refractivity contribution >= 4 is 73.4 Å². The van der Waals surface area contributed by atoms with Gasteiger partial charge < -0.3 is 4.57 Å². The van der Waals surface area contributed by atoms with Crippen molar-refractivity contribution in [1.82, 2.24) is 19.7 Å². The fraction of sp³-hybridized carbons (Fsp3) is 0.0588. The molecule has 4 aromatic rings. The lowest BCUT2D eigenvalue weighted by Gasteiger charge is -2.00. The number of fused-ring (bicyclic) bond motifs is 3. The molecule has 6 nitrogen and oxygen atoms in total. The van der Waals surface area contributed by atoms with Gasteiger partial charge in [0, 0.05) is 27.5 Å². The molecule has 2 heterocycles. The van der Waals surface area contributed by atoms with Crippen LogP contribution in [-0.4, -0.2) is 26.0 Å². The van der Waals surface area contributed by atoms with Crippen LogP contribution in [0.2, 0.25) is 10.0 Å². The fourth-order valence-electron chi connectivity index (χ4n) is 2.64. The smallest absolute Gasteiger partial charge is 0.265 e.